The number of carbonyl (C=O) groups is 1. The van der Waals surface area contributed by atoms with E-state index in [1.165, 1.54) is 16.7 Å². The molecular weight excluding hydrogens is 360 g/mol. The van der Waals surface area contributed by atoms with Gasteiger partial charge in [0.1, 0.15) is 5.60 Å². The van der Waals surface area contributed by atoms with Gasteiger partial charge in [0.15, 0.2) is 0 Å². The Morgan fingerprint density at radius 3 is 2.28 bits per heavy atom. The zero-order valence-corrected chi connectivity index (χ0v) is 18.2. The number of benzene rings is 2. The summed E-state index contributed by atoms with van der Waals surface area (Å²) in [6, 6.07) is 17.0. The quantitative estimate of drug-likeness (QED) is 0.735. The lowest BCUT2D eigenvalue weighted by molar-refractivity contribution is -0.101. The van der Waals surface area contributed by atoms with Crippen molar-refractivity contribution in [1.82, 2.24) is 4.90 Å². The summed E-state index contributed by atoms with van der Waals surface area (Å²) in [5, 5.41) is 3.85. The van der Waals surface area contributed by atoms with Gasteiger partial charge in [0, 0.05) is 24.2 Å². The van der Waals surface area contributed by atoms with E-state index in [1.54, 1.807) is 0 Å². The lowest BCUT2D eigenvalue weighted by Gasteiger charge is -2.64. The molecule has 1 aliphatic carbocycles. The second-order valence-electron chi connectivity index (χ2n) is 10.0. The molecule has 2 aromatic carbocycles. The number of nitrogens with one attached hydrogen (secondary N) is 1. The highest BCUT2D eigenvalue weighted by molar-refractivity contribution is 5.70. The van der Waals surface area contributed by atoms with E-state index in [0.29, 0.717) is 0 Å². The summed E-state index contributed by atoms with van der Waals surface area (Å²) < 4.78 is 5.54. The predicted molar refractivity (Wildman–Crippen MR) is 117 cm³/mol. The van der Waals surface area contributed by atoms with E-state index in [1.807, 2.05) is 31.7 Å². The minimum Gasteiger partial charge on any atom is -0.444 e. The number of hydrogen-bond acceptors (Lipinski definition) is 3. The van der Waals surface area contributed by atoms with E-state index in [2.05, 4.69) is 61.6 Å². The zero-order chi connectivity index (χ0) is 20.9. The van der Waals surface area contributed by atoms with Crippen LogP contribution in [0.4, 0.5) is 10.5 Å². The Labute approximate surface area is 174 Å². The fourth-order valence-corrected chi connectivity index (χ4v) is 5.08. The van der Waals surface area contributed by atoms with Gasteiger partial charge in [-0.2, -0.15) is 0 Å². The largest absolute Gasteiger partial charge is 0.444 e. The molecule has 0 radical (unpaired) electrons. The minimum absolute atomic E-state index is 0.0858. The normalized spacial score (nSPS) is 19.3. The van der Waals surface area contributed by atoms with Crippen molar-refractivity contribution >= 4 is 11.8 Å². The number of anilines is 1. The standard InChI is InChI=1S/C25H32N2O2/c1-18-10-9-13-21(19(18)2)25(26-20-11-7-6-8-12-20)14-24(15-25)16-27(17-24)22(28)29-23(3,4)5/h6-13,26H,14-17H2,1-5H3. The highest BCUT2D eigenvalue weighted by Gasteiger charge is 2.62. The van der Waals surface area contributed by atoms with Gasteiger partial charge >= 0.3 is 6.09 Å². The van der Waals surface area contributed by atoms with Crippen molar-refractivity contribution in [3.8, 4) is 0 Å². The minimum atomic E-state index is -0.448. The molecule has 2 aromatic rings. The molecule has 4 rings (SSSR count). The van der Waals surface area contributed by atoms with Crippen molar-refractivity contribution in [3.63, 3.8) is 0 Å². The first-order valence-corrected chi connectivity index (χ1v) is 10.5. The second-order valence-corrected chi connectivity index (χ2v) is 10.0. The third kappa shape index (κ3) is 3.73. The second kappa shape index (κ2) is 6.79. The molecule has 1 spiro atoms. The maximum absolute atomic E-state index is 12.4. The van der Waals surface area contributed by atoms with Crippen molar-refractivity contribution in [2.24, 2.45) is 5.41 Å². The van der Waals surface area contributed by atoms with Gasteiger partial charge in [-0.3, -0.25) is 0 Å². The first-order valence-electron chi connectivity index (χ1n) is 10.5. The summed E-state index contributed by atoms with van der Waals surface area (Å²) in [6.07, 6.45) is 1.86. The van der Waals surface area contributed by atoms with Crippen LogP contribution in [0.25, 0.3) is 0 Å². The molecule has 1 saturated carbocycles. The summed E-state index contributed by atoms with van der Waals surface area (Å²) in [4.78, 5) is 14.2. The predicted octanol–water partition coefficient (Wildman–Crippen LogP) is 5.64. The monoisotopic (exact) mass is 392 g/mol. The summed E-state index contributed by atoms with van der Waals surface area (Å²) in [7, 11) is 0. The summed E-state index contributed by atoms with van der Waals surface area (Å²) in [6.45, 7) is 11.7. The molecule has 154 valence electrons. The van der Waals surface area contributed by atoms with Crippen LogP contribution in [0.1, 0.15) is 50.3 Å². The number of amides is 1. The van der Waals surface area contributed by atoms with Crippen LogP contribution >= 0.6 is 0 Å². The lowest BCUT2D eigenvalue weighted by Crippen LogP contribution is -2.70. The van der Waals surface area contributed by atoms with Gasteiger partial charge < -0.3 is 15.0 Å². The Bertz CT molecular complexity index is 900. The fraction of sp³-hybridized carbons (Fsp3) is 0.480. The fourth-order valence-electron chi connectivity index (χ4n) is 5.08. The van der Waals surface area contributed by atoms with Crippen molar-refractivity contribution in [2.45, 2.75) is 58.6 Å². The molecule has 1 amide bonds. The number of nitrogens with zero attached hydrogens (tertiary/aromatic N) is 1. The Morgan fingerprint density at radius 2 is 1.66 bits per heavy atom. The molecule has 0 bridgehead atoms. The zero-order valence-electron chi connectivity index (χ0n) is 18.2. The van der Waals surface area contributed by atoms with Crippen LogP contribution in [0, 0.1) is 19.3 Å². The van der Waals surface area contributed by atoms with E-state index in [4.69, 9.17) is 4.74 Å². The number of carbonyl (C=O) groups excluding carboxylic acids is 1. The molecular formula is C25H32N2O2. The maximum Gasteiger partial charge on any atom is 0.410 e. The molecule has 4 heteroatoms. The van der Waals surface area contributed by atoms with E-state index in [9.17, 15) is 4.79 Å². The number of rotatable bonds is 3. The smallest absolute Gasteiger partial charge is 0.410 e. The SMILES string of the molecule is Cc1cccc(C2(Nc3ccccc3)CC3(CN(C(=O)OC(C)(C)C)C3)C2)c1C. The average Bonchev–Trinajstić information content (AvgIpc) is 2.57. The molecule has 4 nitrogen and oxygen atoms in total. The van der Waals surface area contributed by atoms with Gasteiger partial charge in [-0.25, -0.2) is 4.79 Å². The molecule has 2 aliphatic rings. The number of hydrogen-bond donors (Lipinski definition) is 1. The van der Waals surface area contributed by atoms with Gasteiger partial charge in [-0.15, -0.1) is 0 Å². The van der Waals surface area contributed by atoms with Crippen LogP contribution in [0.3, 0.4) is 0 Å². The Morgan fingerprint density at radius 1 is 1.00 bits per heavy atom. The van der Waals surface area contributed by atoms with Crippen molar-refractivity contribution < 1.29 is 9.53 Å². The molecule has 1 heterocycles. The van der Waals surface area contributed by atoms with Crippen LogP contribution in [0.5, 0.6) is 0 Å². The number of likely N-dealkylation sites (tertiary alicyclic amines) is 1. The van der Waals surface area contributed by atoms with E-state index in [-0.39, 0.29) is 17.0 Å². The van der Waals surface area contributed by atoms with Gasteiger partial charge in [-0.1, -0.05) is 36.4 Å². The molecule has 1 saturated heterocycles. The summed E-state index contributed by atoms with van der Waals surface area (Å²) in [5.41, 5.74) is 4.85. The van der Waals surface area contributed by atoms with Gasteiger partial charge in [0.2, 0.25) is 0 Å². The molecule has 1 aliphatic heterocycles. The van der Waals surface area contributed by atoms with E-state index >= 15 is 0 Å². The molecule has 0 atom stereocenters. The first-order chi connectivity index (χ1) is 13.6. The average molecular weight is 393 g/mol. The molecule has 2 fully saturated rings. The highest BCUT2D eigenvalue weighted by Crippen LogP contribution is 2.60. The Kier molecular flexibility index (Phi) is 4.64. The number of ether oxygens (including phenoxy) is 1. The Hall–Kier alpha value is -2.49. The van der Waals surface area contributed by atoms with Gasteiger partial charge in [0.05, 0.1) is 5.54 Å². The number of para-hydroxylation sites is 1. The van der Waals surface area contributed by atoms with Crippen molar-refractivity contribution in [3.05, 3.63) is 65.2 Å². The maximum atomic E-state index is 12.4. The summed E-state index contributed by atoms with van der Waals surface area (Å²) >= 11 is 0. The Balaban J connectivity index is 1.53. The third-order valence-electron chi connectivity index (χ3n) is 6.34. The van der Waals surface area contributed by atoms with Gasteiger partial charge in [-0.05, 0) is 76.3 Å². The highest BCUT2D eigenvalue weighted by atomic mass is 16.6. The van der Waals surface area contributed by atoms with Gasteiger partial charge in [0.25, 0.3) is 0 Å². The van der Waals surface area contributed by atoms with Crippen LogP contribution in [0.2, 0.25) is 0 Å². The molecule has 0 unspecified atom stereocenters. The van der Waals surface area contributed by atoms with Crippen LogP contribution in [-0.4, -0.2) is 29.7 Å². The third-order valence-corrected chi connectivity index (χ3v) is 6.34. The number of aryl methyl sites for hydroxylation is 1. The van der Waals surface area contributed by atoms with Crippen LogP contribution < -0.4 is 5.32 Å². The first kappa shape index (κ1) is 19.8. The summed E-state index contributed by atoms with van der Waals surface area (Å²) in [5.74, 6) is 0. The van der Waals surface area contributed by atoms with E-state index < -0.39 is 5.60 Å². The lowest BCUT2D eigenvalue weighted by atomic mass is 9.51. The van der Waals surface area contributed by atoms with Crippen molar-refractivity contribution in [2.75, 3.05) is 18.4 Å². The molecule has 0 aromatic heterocycles. The topological polar surface area (TPSA) is 41.6 Å². The van der Waals surface area contributed by atoms with Crippen LogP contribution in [-0.2, 0) is 10.3 Å². The van der Waals surface area contributed by atoms with E-state index in [0.717, 1.165) is 31.6 Å². The molecule has 29 heavy (non-hydrogen) atoms. The van der Waals surface area contributed by atoms with Crippen LogP contribution in [0.15, 0.2) is 48.5 Å². The van der Waals surface area contributed by atoms with Crippen molar-refractivity contribution in [1.29, 1.82) is 0 Å². The molecule has 1 N–H and O–H groups in total.